The highest BCUT2D eigenvalue weighted by molar-refractivity contribution is 5.95. The first-order valence-corrected chi connectivity index (χ1v) is 10.2. The topological polar surface area (TPSA) is 108 Å². The molecule has 0 saturated heterocycles. The lowest BCUT2D eigenvalue weighted by atomic mass is 9.99. The molecule has 0 saturated carbocycles. The molecule has 32 heavy (non-hydrogen) atoms. The summed E-state index contributed by atoms with van der Waals surface area (Å²) in [6.07, 6.45) is 0.336. The van der Waals surface area contributed by atoms with E-state index in [1.807, 2.05) is 43.3 Å². The van der Waals surface area contributed by atoms with Crippen molar-refractivity contribution in [3.63, 3.8) is 0 Å². The van der Waals surface area contributed by atoms with E-state index < -0.39 is 18.1 Å². The zero-order chi connectivity index (χ0) is 22.7. The molecule has 3 N–H and O–H groups in total. The van der Waals surface area contributed by atoms with Crippen molar-refractivity contribution in [2.75, 3.05) is 5.32 Å². The lowest BCUT2D eigenvalue weighted by Crippen LogP contribution is -2.29. The molecular formula is C25H23N3O4. The number of aromatic nitrogens is 1. The Balaban J connectivity index is 1.65. The first-order chi connectivity index (χ1) is 15.4. The monoisotopic (exact) mass is 429 g/mol. The van der Waals surface area contributed by atoms with Crippen molar-refractivity contribution in [2.24, 2.45) is 4.99 Å². The third kappa shape index (κ3) is 4.38. The second-order valence-electron chi connectivity index (χ2n) is 7.56. The number of nitrogens with zero attached hydrogens (tertiary/aromatic N) is 2. The Bertz CT molecular complexity index is 1280. The summed E-state index contributed by atoms with van der Waals surface area (Å²) >= 11 is 0. The van der Waals surface area contributed by atoms with Gasteiger partial charge >= 0.3 is 5.97 Å². The first kappa shape index (κ1) is 21.3. The van der Waals surface area contributed by atoms with Crippen LogP contribution in [0.2, 0.25) is 0 Å². The summed E-state index contributed by atoms with van der Waals surface area (Å²) in [5.74, 6) is -0.632. The fourth-order valence-electron chi connectivity index (χ4n) is 3.52. The van der Waals surface area contributed by atoms with E-state index in [0.29, 0.717) is 17.0 Å². The molecule has 2 atom stereocenters. The molecule has 162 valence electrons. The molecule has 0 amide bonds. The number of aliphatic hydroxyl groups is 1. The molecule has 7 nitrogen and oxygen atoms in total. The van der Waals surface area contributed by atoms with Crippen LogP contribution < -0.4 is 5.32 Å². The van der Waals surface area contributed by atoms with Crippen molar-refractivity contribution in [2.45, 2.75) is 26.0 Å². The number of hydrogen-bond acceptors (Lipinski definition) is 6. The summed E-state index contributed by atoms with van der Waals surface area (Å²) in [4.78, 5) is 15.3. The summed E-state index contributed by atoms with van der Waals surface area (Å²) in [6, 6.07) is 20.3. The van der Waals surface area contributed by atoms with Crippen LogP contribution in [0.5, 0.6) is 0 Å². The van der Waals surface area contributed by atoms with Crippen molar-refractivity contribution in [3.8, 4) is 11.1 Å². The van der Waals surface area contributed by atoms with E-state index in [1.54, 1.807) is 12.1 Å². The summed E-state index contributed by atoms with van der Waals surface area (Å²) in [6.45, 7) is 3.44. The average molecular weight is 429 g/mol. The van der Waals surface area contributed by atoms with Gasteiger partial charge in [-0.15, -0.1) is 0 Å². The fourth-order valence-corrected chi connectivity index (χ4v) is 3.52. The van der Waals surface area contributed by atoms with Crippen LogP contribution in [0.1, 0.15) is 18.1 Å². The van der Waals surface area contributed by atoms with E-state index in [-0.39, 0.29) is 0 Å². The molecular weight excluding hydrogens is 406 g/mol. The molecule has 2 unspecified atom stereocenters. The number of carboxylic acid groups (broad SMARTS) is 1. The Kier molecular flexibility index (Phi) is 6.00. The van der Waals surface area contributed by atoms with Crippen molar-refractivity contribution in [3.05, 3.63) is 77.9 Å². The van der Waals surface area contributed by atoms with Gasteiger partial charge in [0.1, 0.15) is 0 Å². The van der Waals surface area contributed by atoms with Crippen molar-refractivity contribution in [1.82, 2.24) is 5.16 Å². The van der Waals surface area contributed by atoms with Gasteiger partial charge in [0.15, 0.2) is 17.4 Å². The highest BCUT2D eigenvalue weighted by atomic mass is 16.5. The van der Waals surface area contributed by atoms with Crippen molar-refractivity contribution >= 4 is 34.7 Å². The van der Waals surface area contributed by atoms with Gasteiger partial charge in [-0.2, -0.15) is 0 Å². The zero-order valence-electron chi connectivity index (χ0n) is 17.7. The number of aliphatic imine (C=N–C) groups is 1. The fraction of sp³-hybridized carbons (Fsp3) is 0.160. The van der Waals surface area contributed by atoms with Gasteiger partial charge in [0, 0.05) is 11.9 Å². The van der Waals surface area contributed by atoms with Crippen LogP contribution in [0.3, 0.4) is 0 Å². The van der Waals surface area contributed by atoms with Gasteiger partial charge in [-0.1, -0.05) is 47.6 Å². The number of rotatable bonds is 7. The normalized spacial score (nSPS) is 13.3. The Hall–Kier alpha value is -3.97. The molecule has 7 heteroatoms. The molecule has 3 aromatic carbocycles. The molecule has 4 aromatic rings. The molecule has 0 aliphatic carbocycles. The number of aliphatic carboxylic acids is 1. The second kappa shape index (κ2) is 9.03. The van der Waals surface area contributed by atoms with E-state index in [1.165, 1.54) is 13.1 Å². The predicted molar refractivity (Wildman–Crippen MR) is 125 cm³/mol. The minimum atomic E-state index is -1.23. The number of hydrogen-bond donors (Lipinski definition) is 3. The van der Waals surface area contributed by atoms with Gasteiger partial charge < -0.3 is 20.1 Å². The summed E-state index contributed by atoms with van der Waals surface area (Å²) in [5, 5.41) is 27.1. The predicted octanol–water partition coefficient (Wildman–Crippen LogP) is 4.80. The van der Waals surface area contributed by atoms with Crippen LogP contribution in [0.4, 0.5) is 11.5 Å². The molecule has 1 heterocycles. The van der Waals surface area contributed by atoms with Gasteiger partial charge in [-0.05, 0) is 60.4 Å². The molecule has 0 aliphatic rings. The third-order valence-electron chi connectivity index (χ3n) is 5.26. The quantitative estimate of drug-likeness (QED) is 0.364. The number of fused-ring (bicyclic) bond motifs is 1. The standard InChI is InChI=1S/C25H23N3O4/c1-15-19(18-7-4-3-5-8-18)9-6-10-21(15)27-24-20-13-17(11-12-22(20)32-28-24)14-26-23(16(2)29)25(30)31/h3-14,16,23,29H,1-2H3,(H,27,28)(H,30,31). The highest BCUT2D eigenvalue weighted by Crippen LogP contribution is 2.32. The number of benzene rings is 3. The Morgan fingerprint density at radius 1 is 1.12 bits per heavy atom. The number of carbonyl (C=O) groups is 1. The Morgan fingerprint density at radius 3 is 2.62 bits per heavy atom. The van der Waals surface area contributed by atoms with Crippen molar-refractivity contribution in [1.29, 1.82) is 0 Å². The summed E-state index contributed by atoms with van der Waals surface area (Å²) in [7, 11) is 0. The van der Waals surface area contributed by atoms with Gasteiger partial charge in [-0.25, -0.2) is 4.79 Å². The van der Waals surface area contributed by atoms with Crippen LogP contribution >= 0.6 is 0 Å². The molecule has 0 bridgehead atoms. The van der Waals surface area contributed by atoms with Crippen LogP contribution in [0.15, 0.2) is 76.2 Å². The Labute approximate surface area is 185 Å². The number of carboxylic acids is 1. The number of nitrogens with one attached hydrogen (secondary N) is 1. The van der Waals surface area contributed by atoms with Gasteiger partial charge in [0.25, 0.3) is 0 Å². The zero-order valence-corrected chi connectivity index (χ0v) is 17.7. The van der Waals surface area contributed by atoms with Gasteiger partial charge in [0.2, 0.25) is 0 Å². The highest BCUT2D eigenvalue weighted by Gasteiger charge is 2.21. The summed E-state index contributed by atoms with van der Waals surface area (Å²) < 4.78 is 5.44. The van der Waals surface area contributed by atoms with E-state index in [4.69, 9.17) is 4.52 Å². The maximum atomic E-state index is 11.2. The summed E-state index contributed by atoms with van der Waals surface area (Å²) in [5.41, 5.74) is 5.49. The maximum Gasteiger partial charge on any atom is 0.331 e. The maximum absolute atomic E-state index is 11.2. The number of aliphatic hydroxyl groups excluding tert-OH is 1. The van der Waals surface area contributed by atoms with E-state index in [2.05, 4.69) is 33.7 Å². The lowest BCUT2D eigenvalue weighted by Gasteiger charge is -2.12. The molecule has 0 fully saturated rings. The van der Waals surface area contributed by atoms with Crippen LogP contribution in [-0.2, 0) is 4.79 Å². The average Bonchev–Trinajstić information content (AvgIpc) is 3.17. The molecule has 1 aromatic heterocycles. The van der Waals surface area contributed by atoms with Crippen LogP contribution in [-0.4, -0.2) is 39.7 Å². The molecule has 4 rings (SSSR count). The van der Waals surface area contributed by atoms with Crippen molar-refractivity contribution < 1.29 is 19.5 Å². The Morgan fingerprint density at radius 2 is 1.91 bits per heavy atom. The molecule has 0 spiro atoms. The van der Waals surface area contributed by atoms with Crippen LogP contribution in [0, 0.1) is 6.92 Å². The minimum Gasteiger partial charge on any atom is -0.480 e. The van der Waals surface area contributed by atoms with Crippen LogP contribution in [0.25, 0.3) is 22.1 Å². The lowest BCUT2D eigenvalue weighted by molar-refractivity contribution is -0.140. The van der Waals surface area contributed by atoms with Gasteiger partial charge in [0.05, 0.1) is 11.5 Å². The van der Waals surface area contributed by atoms with Gasteiger partial charge in [-0.3, -0.25) is 4.99 Å². The van der Waals surface area contributed by atoms with E-state index in [9.17, 15) is 15.0 Å². The van der Waals surface area contributed by atoms with E-state index in [0.717, 1.165) is 27.8 Å². The largest absolute Gasteiger partial charge is 0.480 e. The second-order valence-corrected chi connectivity index (χ2v) is 7.56. The minimum absolute atomic E-state index is 0.550. The first-order valence-electron chi connectivity index (χ1n) is 10.2. The molecule has 0 aliphatic heterocycles. The number of anilines is 2. The smallest absolute Gasteiger partial charge is 0.331 e. The third-order valence-corrected chi connectivity index (χ3v) is 5.26. The SMILES string of the molecule is Cc1c(Nc2noc3ccc(C=NC(C(=O)O)C(C)O)cc23)cccc1-c1ccccc1. The molecule has 0 radical (unpaired) electrons. The van der Waals surface area contributed by atoms with E-state index >= 15 is 0 Å².